The number of ether oxygens (including phenoxy) is 3. The SMILES string of the molecule is CCC(CNC(=O)OC(C)(C)C)ON=C(C(=O)N[C@@H]1C(=O)N2C(C(=O)OC(c3ccccc3)c3ccccc3)=C(COC(C)=O)CS[C@H]12)c1csc(N)n1. The summed E-state index contributed by atoms with van der Waals surface area (Å²) in [5, 5.41) is 10.4. The lowest BCUT2D eigenvalue weighted by Gasteiger charge is -2.49. The number of nitrogens with one attached hydrogen (secondary N) is 2. The van der Waals surface area contributed by atoms with Crippen LogP contribution < -0.4 is 16.4 Å². The van der Waals surface area contributed by atoms with E-state index in [0.717, 1.165) is 11.3 Å². The number of esters is 2. The van der Waals surface area contributed by atoms with Crippen molar-refractivity contribution in [2.75, 3.05) is 24.6 Å². The number of nitrogen functional groups attached to an aromatic ring is 1. The molecule has 0 spiro atoms. The lowest BCUT2D eigenvalue weighted by Crippen LogP contribution is -2.71. The topological polar surface area (TPSA) is 201 Å². The van der Waals surface area contributed by atoms with E-state index in [2.05, 4.69) is 20.8 Å². The van der Waals surface area contributed by atoms with Crippen LogP contribution in [0.4, 0.5) is 9.93 Å². The Morgan fingerprint density at radius 3 is 2.26 bits per heavy atom. The Balaban J connectivity index is 1.36. The fourth-order valence-electron chi connectivity index (χ4n) is 5.42. The molecule has 286 valence electrons. The van der Waals surface area contributed by atoms with E-state index in [4.69, 9.17) is 24.8 Å². The number of β-lactam (4-membered cyclic amide) rings is 1. The van der Waals surface area contributed by atoms with Crippen LogP contribution in [0.1, 0.15) is 64.0 Å². The molecular weight excluding hydrogens is 737 g/mol. The van der Waals surface area contributed by atoms with Crippen LogP contribution in [0.2, 0.25) is 0 Å². The molecule has 0 bridgehead atoms. The van der Waals surface area contributed by atoms with Crippen molar-refractivity contribution in [3.8, 4) is 0 Å². The minimum Gasteiger partial charge on any atom is -0.461 e. The average Bonchev–Trinajstić information content (AvgIpc) is 3.58. The normalized spacial score (nSPS) is 17.6. The average molecular weight is 779 g/mol. The summed E-state index contributed by atoms with van der Waals surface area (Å²) in [4.78, 5) is 76.8. The summed E-state index contributed by atoms with van der Waals surface area (Å²) >= 11 is 2.37. The number of alkyl carbamates (subject to hydrolysis) is 1. The van der Waals surface area contributed by atoms with Gasteiger partial charge in [0.2, 0.25) is 0 Å². The Labute approximate surface area is 320 Å². The fraction of sp³-hybridized carbons (Fsp3) is 0.378. The lowest BCUT2D eigenvalue weighted by atomic mass is 10.0. The summed E-state index contributed by atoms with van der Waals surface area (Å²) in [5.41, 5.74) is 6.79. The first-order valence-electron chi connectivity index (χ1n) is 17.1. The van der Waals surface area contributed by atoms with E-state index >= 15 is 0 Å². The standard InChI is InChI=1S/C37H42N6O9S2/c1-6-25(17-39-36(48)51-37(3,4)5)52-42-27(26-20-54-35(38)40-26)31(45)41-28-32(46)43-29(24(18-49-21(2)44)19-53-33(28)43)34(47)50-30(22-13-9-7-10-14-22)23-15-11-8-12-16-23/h7-16,20,25,28,30,33H,6,17-19H2,1-5H3,(H2,38,40)(H,39,48)(H,41,45)/t25?,28-,33-/m1/s1. The smallest absolute Gasteiger partial charge is 0.407 e. The molecule has 0 saturated carbocycles. The summed E-state index contributed by atoms with van der Waals surface area (Å²) in [6.07, 6.45) is -1.67. The van der Waals surface area contributed by atoms with E-state index in [1.165, 1.54) is 29.0 Å². The highest BCUT2D eigenvalue weighted by atomic mass is 32.2. The largest absolute Gasteiger partial charge is 0.461 e. The van der Waals surface area contributed by atoms with Gasteiger partial charge in [0, 0.05) is 23.6 Å². The van der Waals surface area contributed by atoms with Crippen molar-refractivity contribution in [1.29, 1.82) is 0 Å². The molecule has 15 nitrogen and oxygen atoms in total. The van der Waals surface area contributed by atoms with Crippen LogP contribution >= 0.6 is 23.1 Å². The highest BCUT2D eigenvalue weighted by Gasteiger charge is 2.55. The number of carbonyl (C=O) groups is 5. The Morgan fingerprint density at radius 2 is 1.70 bits per heavy atom. The third-order valence-electron chi connectivity index (χ3n) is 8.01. The Hall–Kier alpha value is -5.42. The molecule has 3 aromatic rings. The molecule has 0 aliphatic carbocycles. The number of thiazole rings is 1. The van der Waals surface area contributed by atoms with Crippen LogP contribution in [-0.4, -0.2) is 87.5 Å². The van der Waals surface area contributed by atoms with Gasteiger partial charge in [-0.25, -0.2) is 14.6 Å². The molecule has 0 radical (unpaired) electrons. The second kappa shape index (κ2) is 17.6. The van der Waals surface area contributed by atoms with E-state index in [1.54, 1.807) is 20.8 Å². The zero-order valence-corrected chi connectivity index (χ0v) is 32.0. The van der Waals surface area contributed by atoms with Gasteiger partial charge in [0.05, 0.1) is 6.54 Å². The number of nitrogens with two attached hydrogens (primary N) is 1. The van der Waals surface area contributed by atoms with Crippen LogP contribution in [0.3, 0.4) is 0 Å². The van der Waals surface area contributed by atoms with E-state index in [-0.39, 0.29) is 41.1 Å². The highest BCUT2D eigenvalue weighted by Crippen LogP contribution is 2.42. The van der Waals surface area contributed by atoms with Crippen molar-refractivity contribution in [1.82, 2.24) is 20.5 Å². The van der Waals surface area contributed by atoms with E-state index in [9.17, 15) is 24.0 Å². The quantitative estimate of drug-likeness (QED) is 0.0690. The number of amides is 3. The monoisotopic (exact) mass is 778 g/mol. The zero-order chi connectivity index (χ0) is 39.0. The number of carbonyl (C=O) groups excluding carboxylic acids is 5. The maximum absolute atomic E-state index is 14.1. The number of hydrogen-bond donors (Lipinski definition) is 3. The molecule has 17 heteroatoms. The number of thioether (sulfide) groups is 1. The highest BCUT2D eigenvalue weighted by molar-refractivity contribution is 8.00. The molecule has 54 heavy (non-hydrogen) atoms. The number of nitrogens with zero attached hydrogens (tertiary/aromatic N) is 3. The summed E-state index contributed by atoms with van der Waals surface area (Å²) in [6.45, 7) is 8.09. The van der Waals surface area contributed by atoms with E-state index in [0.29, 0.717) is 23.1 Å². The molecule has 4 N–H and O–H groups in total. The molecule has 3 atom stereocenters. The van der Waals surface area contributed by atoms with Gasteiger partial charge in [-0.3, -0.25) is 19.3 Å². The van der Waals surface area contributed by atoms with Crippen molar-refractivity contribution in [2.24, 2.45) is 5.16 Å². The van der Waals surface area contributed by atoms with Gasteiger partial charge >= 0.3 is 18.0 Å². The van der Waals surface area contributed by atoms with Crippen LogP contribution in [0.15, 0.2) is 82.5 Å². The number of benzene rings is 2. The fourth-order valence-corrected chi connectivity index (χ4v) is 7.30. The minimum absolute atomic E-state index is 0.0358. The summed E-state index contributed by atoms with van der Waals surface area (Å²) in [5.74, 6) is -2.51. The molecule has 1 aromatic heterocycles. The lowest BCUT2D eigenvalue weighted by molar-refractivity contribution is -0.154. The first-order chi connectivity index (χ1) is 25.8. The number of fused-ring (bicyclic) bond motifs is 1. The molecule has 1 saturated heterocycles. The second-order valence-electron chi connectivity index (χ2n) is 13.2. The van der Waals surface area contributed by atoms with Gasteiger partial charge in [0.15, 0.2) is 16.9 Å². The number of oxime groups is 1. The molecule has 3 heterocycles. The van der Waals surface area contributed by atoms with Gasteiger partial charge in [0.25, 0.3) is 11.8 Å². The van der Waals surface area contributed by atoms with Gasteiger partial charge < -0.3 is 35.4 Å². The Morgan fingerprint density at radius 1 is 1.06 bits per heavy atom. The van der Waals surface area contributed by atoms with Gasteiger partial charge in [-0.2, -0.15) is 0 Å². The third kappa shape index (κ3) is 9.96. The summed E-state index contributed by atoms with van der Waals surface area (Å²) < 4.78 is 16.7. The summed E-state index contributed by atoms with van der Waals surface area (Å²) in [6, 6.07) is 17.3. The molecule has 5 rings (SSSR count). The van der Waals surface area contributed by atoms with Crippen molar-refractivity contribution >= 4 is 63.8 Å². The molecule has 2 aliphatic rings. The maximum Gasteiger partial charge on any atom is 0.407 e. The number of anilines is 1. The van der Waals surface area contributed by atoms with Gasteiger partial charge in [-0.1, -0.05) is 72.7 Å². The molecular formula is C37H42N6O9S2. The van der Waals surface area contributed by atoms with Crippen molar-refractivity contribution < 1.29 is 43.0 Å². The van der Waals surface area contributed by atoms with Crippen LogP contribution in [-0.2, 0) is 38.2 Å². The number of rotatable bonds is 14. The summed E-state index contributed by atoms with van der Waals surface area (Å²) in [7, 11) is 0. The zero-order valence-electron chi connectivity index (χ0n) is 30.4. The van der Waals surface area contributed by atoms with Crippen molar-refractivity contribution in [3.63, 3.8) is 0 Å². The van der Waals surface area contributed by atoms with E-state index < -0.39 is 59.1 Å². The molecule has 2 aliphatic heterocycles. The van der Waals surface area contributed by atoms with Crippen LogP contribution in [0.5, 0.6) is 0 Å². The molecule has 3 amide bonds. The predicted octanol–water partition coefficient (Wildman–Crippen LogP) is 4.30. The molecule has 2 aromatic carbocycles. The van der Waals surface area contributed by atoms with Crippen LogP contribution in [0.25, 0.3) is 0 Å². The Bertz CT molecular complexity index is 1870. The molecule has 1 fully saturated rings. The van der Waals surface area contributed by atoms with Gasteiger partial charge in [0.1, 0.15) is 41.1 Å². The third-order valence-corrected chi connectivity index (χ3v) is 10.0. The Kier molecular flexibility index (Phi) is 13.0. The second-order valence-corrected chi connectivity index (χ2v) is 15.2. The first-order valence-corrected chi connectivity index (χ1v) is 19.0. The van der Waals surface area contributed by atoms with E-state index in [1.807, 2.05) is 67.6 Å². The minimum atomic E-state index is -1.07. The van der Waals surface area contributed by atoms with Crippen molar-refractivity contribution in [3.05, 3.63) is 94.1 Å². The van der Waals surface area contributed by atoms with Crippen molar-refractivity contribution in [2.45, 2.75) is 70.3 Å². The predicted molar refractivity (Wildman–Crippen MR) is 202 cm³/mol. The van der Waals surface area contributed by atoms with Crippen LogP contribution in [0, 0.1) is 0 Å². The molecule has 1 unspecified atom stereocenters. The first kappa shape index (κ1) is 39.8. The maximum atomic E-state index is 14.1. The number of aromatic nitrogens is 1. The van der Waals surface area contributed by atoms with Gasteiger partial charge in [-0.15, -0.1) is 23.1 Å². The van der Waals surface area contributed by atoms with Gasteiger partial charge in [-0.05, 0) is 38.3 Å². The number of hydrogen-bond acceptors (Lipinski definition) is 14.